The fraction of sp³-hybridized carbons (Fsp3) is 0.692. The first-order valence-corrected chi connectivity index (χ1v) is 7.56. The van der Waals surface area contributed by atoms with Crippen molar-refractivity contribution in [1.82, 2.24) is 9.97 Å². The number of thioether (sulfide) groups is 1. The minimum Gasteiger partial charge on any atom is -0.383 e. The Balaban J connectivity index is 2.16. The minimum atomic E-state index is 0.357. The summed E-state index contributed by atoms with van der Waals surface area (Å²) < 4.78 is 0. The predicted molar refractivity (Wildman–Crippen MR) is 78.0 cm³/mol. The number of nitrogens with two attached hydrogens (primary N) is 1. The average Bonchev–Trinajstić information content (AvgIpc) is 2.77. The SMILES string of the molecule is CSc1nc(N)cc(N2CCC(C(C)(C)C)C2)n1. The monoisotopic (exact) mass is 266 g/mol. The Bertz CT molecular complexity index is 427. The van der Waals surface area contributed by atoms with Gasteiger partial charge in [-0.25, -0.2) is 9.97 Å². The number of nitrogens with zero attached hydrogens (tertiary/aromatic N) is 3. The summed E-state index contributed by atoms with van der Waals surface area (Å²) in [4.78, 5) is 11.1. The van der Waals surface area contributed by atoms with Crippen molar-refractivity contribution in [3.8, 4) is 0 Å². The molecule has 0 spiro atoms. The fourth-order valence-corrected chi connectivity index (χ4v) is 2.74. The number of aromatic nitrogens is 2. The van der Waals surface area contributed by atoms with Gasteiger partial charge in [0.2, 0.25) is 0 Å². The zero-order chi connectivity index (χ0) is 13.3. The smallest absolute Gasteiger partial charge is 0.191 e. The topological polar surface area (TPSA) is 55.0 Å². The third-order valence-electron chi connectivity index (χ3n) is 3.63. The van der Waals surface area contributed by atoms with E-state index in [-0.39, 0.29) is 0 Å². The molecule has 1 aliphatic rings. The van der Waals surface area contributed by atoms with Crippen LogP contribution in [-0.2, 0) is 0 Å². The van der Waals surface area contributed by atoms with Gasteiger partial charge in [0.05, 0.1) is 0 Å². The molecule has 0 radical (unpaired) electrons. The molecule has 2 N–H and O–H groups in total. The summed E-state index contributed by atoms with van der Waals surface area (Å²) in [6, 6.07) is 1.88. The molecule has 0 bridgehead atoms. The molecule has 18 heavy (non-hydrogen) atoms. The van der Waals surface area contributed by atoms with Crippen LogP contribution >= 0.6 is 11.8 Å². The van der Waals surface area contributed by atoms with Crippen LogP contribution in [0.5, 0.6) is 0 Å². The van der Waals surface area contributed by atoms with E-state index in [9.17, 15) is 0 Å². The van der Waals surface area contributed by atoms with Gasteiger partial charge in [0.1, 0.15) is 11.6 Å². The second kappa shape index (κ2) is 4.96. The molecule has 4 nitrogen and oxygen atoms in total. The second-order valence-corrected chi connectivity index (χ2v) is 6.71. The first-order valence-electron chi connectivity index (χ1n) is 6.33. The molecule has 1 aliphatic heterocycles. The standard InChI is InChI=1S/C13H22N4S/c1-13(2,3)9-5-6-17(8-9)11-7-10(14)15-12(16-11)18-4/h7,9H,5-6,8H2,1-4H3,(H2,14,15,16). The molecule has 1 fully saturated rings. The molecule has 0 aliphatic carbocycles. The third-order valence-corrected chi connectivity index (χ3v) is 4.18. The van der Waals surface area contributed by atoms with Crippen molar-refractivity contribution in [2.75, 3.05) is 30.0 Å². The van der Waals surface area contributed by atoms with Crippen molar-refractivity contribution in [3.05, 3.63) is 6.07 Å². The number of rotatable bonds is 2. The van der Waals surface area contributed by atoms with Crippen LogP contribution in [0.3, 0.4) is 0 Å². The number of hydrogen-bond acceptors (Lipinski definition) is 5. The largest absolute Gasteiger partial charge is 0.383 e. The van der Waals surface area contributed by atoms with Crippen molar-refractivity contribution in [2.24, 2.45) is 11.3 Å². The van der Waals surface area contributed by atoms with Crippen LogP contribution in [0.2, 0.25) is 0 Å². The molecular weight excluding hydrogens is 244 g/mol. The summed E-state index contributed by atoms with van der Waals surface area (Å²) in [6.07, 6.45) is 3.20. The lowest BCUT2D eigenvalue weighted by Crippen LogP contribution is -2.26. The first-order chi connectivity index (χ1) is 8.40. The highest BCUT2D eigenvalue weighted by Crippen LogP contribution is 2.35. The highest BCUT2D eigenvalue weighted by Gasteiger charge is 2.32. The Morgan fingerprint density at radius 2 is 2.11 bits per heavy atom. The van der Waals surface area contributed by atoms with Gasteiger partial charge in [-0.1, -0.05) is 32.5 Å². The molecule has 100 valence electrons. The molecule has 2 rings (SSSR count). The summed E-state index contributed by atoms with van der Waals surface area (Å²) in [5, 5.41) is 0.754. The summed E-state index contributed by atoms with van der Waals surface area (Å²) in [5.74, 6) is 2.24. The van der Waals surface area contributed by atoms with E-state index < -0.39 is 0 Å². The van der Waals surface area contributed by atoms with Gasteiger partial charge in [-0.05, 0) is 24.0 Å². The van der Waals surface area contributed by atoms with Crippen molar-refractivity contribution in [3.63, 3.8) is 0 Å². The summed E-state index contributed by atoms with van der Waals surface area (Å²) in [6.45, 7) is 9.05. The quantitative estimate of drug-likeness (QED) is 0.659. The van der Waals surface area contributed by atoms with Crippen LogP contribution in [0.15, 0.2) is 11.2 Å². The Hall–Kier alpha value is -0.970. The van der Waals surface area contributed by atoms with Gasteiger partial charge < -0.3 is 10.6 Å². The molecule has 1 saturated heterocycles. The molecule has 5 heteroatoms. The van der Waals surface area contributed by atoms with Gasteiger partial charge in [-0.3, -0.25) is 0 Å². The molecule has 1 aromatic rings. The maximum absolute atomic E-state index is 5.83. The Morgan fingerprint density at radius 3 is 2.67 bits per heavy atom. The molecule has 0 saturated carbocycles. The van der Waals surface area contributed by atoms with Crippen molar-refractivity contribution >= 4 is 23.4 Å². The van der Waals surface area contributed by atoms with Crippen molar-refractivity contribution < 1.29 is 0 Å². The normalized spacial score (nSPS) is 20.4. The van der Waals surface area contributed by atoms with E-state index in [2.05, 4.69) is 35.6 Å². The van der Waals surface area contributed by atoms with Crippen molar-refractivity contribution in [2.45, 2.75) is 32.3 Å². The molecular formula is C13H22N4S. The maximum atomic E-state index is 5.83. The Labute approximate surface area is 113 Å². The van der Waals surface area contributed by atoms with E-state index in [0.29, 0.717) is 17.2 Å². The van der Waals surface area contributed by atoms with E-state index >= 15 is 0 Å². The molecule has 1 unspecified atom stereocenters. The van der Waals surface area contributed by atoms with Gasteiger partial charge >= 0.3 is 0 Å². The number of nitrogen functional groups attached to an aromatic ring is 1. The number of anilines is 2. The van der Waals surface area contributed by atoms with Gasteiger partial charge in [-0.2, -0.15) is 0 Å². The highest BCUT2D eigenvalue weighted by atomic mass is 32.2. The summed E-state index contributed by atoms with van der Waals surface area (Å²) in [5.41, 5.74) is 6.19. The minimum absolute atomic E-state index is 0.357. The van der Waals surface area contributed by atoms with Crippen LogP contribution in [0.4, 0.5) is 11.6 Å². The molecule has 2 heterocycles. The average molecular weight is 266 g/mol. The first kappa shape index (κ1) is 13.5. The highest BCUT2D eigenvalue weighted by molar-refractivity contribution is 7.98. The zero-order valence-electron chi connectivity index (χ0n) is 11.6. The Kier molecular flexibility index (Phi) is 3.71. The van der Waals surface area contributed by atoms with Gasteiger partial charge in [0.25, 0.3) is 0 Å². The predicted octanol–water partition coefficient (Wildman–Crippen LogP) is 2.65. The molecule has 1 atom stereocenters. The lowest BCUT2D eigenvalue weighted by atomic mass is 9.80. The summed E-state index contributed by atoms with van der Waals surface area (Å²) in [7, 11) is 0. The lowest BCUT2D eigenvalue weighted by Gasteiger charge is -2.27. The van der Waals surface area contributed by atoms with Crippen LogP contribution in [0, 0.1) is 11.3 Å². The van der Waals surface area contributed by atoms with Gasteiger partial charge in [0, 0.05) is 19.2 Å². The van der Waals surface area contributed by atoms with Crippen LogP contribution < -0.4 is 10.6 Å². The van der Waals surface area contributed by atoms with E-state index in [1.54, 1.807) is 0 Å². The molecule has 0 amide bonds. The Morgan fingerprint density at radius 1 is 1.39 bits per heavy atom. The van der Waals surface area contributed by atoms with E-state index in [0.717, 1.165) is 24.1 Å². The number of hydrogen-bond donors (Lipinski definition) is 1. The van der Waals surface area contributed by atoms with Crippen LogP contribution in [0.25, 0.3) is 0 Å². The lowest BCUT2D eigenvalue weighted by molar-refractivity contribution is 0.263. The maximum Gasteiger partial charge on any atom is 0.191 e. The van der Waals surface area contributed by atoms with Crippen molar-refractivity contribution in [1.29, 1.82) is 0 Å². The molecule has 0 aromatic carbocycles. The third kappa shape index (κ3) is 2.88. The molecule has 1 aromatic heterocycles. The van der Waals surface area contributed by atoms with E-state index in [4.69, 9.17) is 5.73 Å². The van der Waals surface area contributed by atoms with Gasteiger partial charge in [-0.15, -0.1) is 0 Å². The summed E-state index contributed by atoms with van der Waals surface area (Å²) >= 11 is 1.53. The van der Waals surface area contributed by atoms with E-state index in [1.807, 2.05) is 12.3 Å². The zero-order valence-corrected chi connectivity index (χ0v) is 12.4. The van der Waals surface area contributed by atoms with E-state index in [1.165, 1.54) is 18.2 Å². The van der Waals surface area contributed by atoms with Crippen LogP contribution in [-0.4, -0.2) is 29.3 Å². The second-order valence-electron chi connectivity index (χ2n) is 5.94. The van der Waals surface area contributed by atoms with Gasteiger partial charge in [0.15, 0.2) is 5.16 Å². The fourth-order valence-electron chi connectivity index (χ4n) is 2.36. The van der Waals surface area contributed by atoms with Crippen LogP contribution in [0.1, 0.15) is 27.2 Å².